The zero-order valence-corrected chi connectivity index (χ0v) is 11.1. The normalized spacial score (nSPS) is 15.1. The van der Waals surface area contributed by atoms with E-state index in [-0.39, 0.29) is 0 Å². The van der Waals surface area contributed by atoms with E-state index in [9.17, 15) is 0 Å². The van der Waals surface area contributed by atoms with Gasteiger partial charge in [-0.2, -0.15) is 5.10 Å². The van der Waals surface area contributed by atoms with Gasteiger partial charge in [0.15, 0.2) is 0 Å². The minimum Gasteiger partial charge on any atom is -0.272 e. The van der Waals surface area contributed by atoms with Crippen LogP contribution in [-0.4, -0.2) is 19.7 Å². The quantitative estimate of drug-likeness (QED) is 0.830. The van der Waals surface area contributed by atoms with Crippen molar-refractivity contribution in [1.29, 1.82) is 0 Å². The second kappa shape index (κ2) is 4.19. The fraction of sp³-hybridized carbons (Fsp3) is 0.500. The Morgan fingerprint density at radius 2 is 2.06 bits per heavy atom. The van der Waals surface area contributed by atoms with Crippen LogP contribution in [0.2, 0.25) is 0 Å². The van der Waals surface area contributed by atoms with Gasteiger partial charge in [0.1, 0.15) is 5.82 Å². The molecular formula is C14H18N4. The van der Waals surface area contributed by atoms with E-state index in [0.717, 1.165) is 29.4 Å². The Bertz CT molecular complexity index is 581. The molecule has 2 aromatic rings. The van der Waals surface area contributed by atoms with Gasteiger partial charge in [-0.25, -0.2) is 9.97 Å². The molecule has 1 fully saturated rings. The third kappa shape index (κ3) is 2.03. The Kier molecular flexibility index (Phi) is 2.65. The van der Waals surface area contributed by atoms with Gasteiger partial charge in [-0.3, -0.25) is 4.68 Å². The van der Waals surface area contributed by atoms with Gasteiger partial charge < -0.3 is 0 Å². The van der Waals surface area contributed by atoms with E-state index in [4.69, 9.17) is 0 Å². The lowest BCUT2D eigenvalue weighted by Gasteiger charge is -2.07. The second-order valence-corrected chi connectivity index (χ2v) is 5.22. The summed E-state index contributed by atoms with van der Waals surface area (Å²) < 4.78 is 1.99. The minimum absolute atomic E-state index is 0.817. The molecule has 4 heteroatoms. The molecule has 1 aliphatic carbocycles. The summed E-state index contributed by atoms with van der Waals surface area (Å²) in [5.41, 5.74) is 4.63. The molecule has 1 saturated carbocycles. The second-order valence-electron chi connectivity index (χ2n) is 5.22. The number of hydrogen-bond acceptors (Lipinski definition) is 3. The fourth-order valence-corrected chi connectivity index (χ4v) is 2.30. The Hall–Kier alpha value is -1.71. The van der Waals surface area contributed by atoms with Crippen LogP contribution in [0.15, 0.2) is 12.4 Å². The van der Waals surface area contributed by atoms with Crippen LogP contribution >= 0.6 is 0 Å². The summed E-state index contributed by atoms with van der Waals surface area (Å²) in [5.74, 6) is 1.67. The molecule has 2 heterocycles. The Balaban J connectivity index is 2.07. The van der Waals surface area contributed by atoms with E-state index in [1.807, 2.05) is 31.0 Å². The summed E-state index contributed by atoms with van der Waals surface area (Å²) in [7, 11) is 2.02. The SMILES string of the molecule is Cc1ncc(C)c(-c2cnn(C)c2CC2CC2)n1. The van der Waals surface area contributed by atoms with Crippen LogP contribution in [0.1, 0.15) is 29.9 Å². The minimum atomic E-state index is 0.817. The van der Waals surface area contributed by atoms with Crippen LogP contribution in [0, 0.1) is 19.8 Å². The molecule has 0 atom stereocenters. The van der Waals surface area contributed by atoms with Gasteiger partial charge in [-0.1, -0.05) is 0 Å². The first kappa shape index (κ1) is 11.4. The van der Waals surface area contributed by atoms with Crippen LogP contribution in [0.3, 0.4) is 0 Å². The molecule has 2 aromatic heterocycles. The highest BCUT2D eigenvalue weighted by Gasteiger charge is 2.25. The van der Waals surface area contributed by atoms with Gasteiger partial charge in [0.25, 0.3) is 0 Å². The van der Waals surface area contributed by atoms with Crippen molar-refractivity contribution in [3.63, 3.8) is 0 Å². The summed E-state index contributed by atoms with van der Waals surface area (Å²) in [6.45, 7) is 3.99. The van der Waals surface area contributed by atoms with E-state index >= 15 is 0 Å². The molecule has 0 amide bonds. The number of aromatic nitrogens is 4. The van der Waals surface area contributed by atoms with Crippen molar-refractivity contribution in [2.24, 2.45) is 13.0 Å². The largest absolute Gasteiger partial charge is 0.272 e. The number of nitrogens with zero attached hydrogens (tertiary/aromatic N) is 4. The smallest absolute Gasteiger partial charge is 0.125 e. The predicted molar refractivity (Wildman–Crippen MR) is 70.1 cm³/mol. The first-order valence-electron chi connectivity index (χ1n) is 6.46. The summed E-state index contributed by atoms with van der Waals surface area (Å²) >= 11 is 0. The summed E-state index contributed by atoms with van der Waals surface area (Å²) in [6, 6.07) is 0. The van der Waals surface area contributed by atoms with Gasteiger partial charge in [0, 0.05) is 24.5 Å². The van der Waals surface area contributed by atoms with Gasteiger partial charge >= 0.3 is 0 Å². The number of aryl methyl sites for hydroxylation is 3. The van der Waals surface area contributed by atoms with E-state index in [1.165, 1.54) is 24.1 Å². The molecule has 0 bridgehead atoms. The molecule has 0 radical (unpaired) electrons. The van der Waals surface area contributed by atoms with Gasteiger partial charge in [0.05, 0.1) is 11.9 Å². The van der Waals surface area contributed by atoms with Crippen molar-refractivity contribution in [3.05, 3.63) is 29.5 Å². The first-order valence-corrected chi connectivity index (χ1v) is 6.46. The van der Waals surface area contributed by atoms with Crippen molar-refractivity contribution in [3.8, 4) is 11.3 Å². The Morgan fingerprint density at radius 1 is 1.28 bits per heavy atom. The molecule has 0 spiro atoms. The molecule has 0 aromatic carbocycles. The highest BCUT2D eigenvalue weighted by atomic mass is 15.3. The van der Waals surface area contributed by atoms with Crippen molar-refractivity contribution in [2.45, 2.75) is 33.1 Å². The average Bonchev–Trinajstić information content (AvgIpc) is 3.09. The van der Waals surface area contributed by atoms with Crippen LogP contribution in [0.4, 0.5) is 0 Å². The number of rotatable bonds is 3. The lowest BCUT2D eigenvalue weighted by Crippen LogP contribution is -2.02. The van der Waals surface area contributed by atoms with Gasteiger partial charge in [-0.05, 0) is 44.6 Å². The molecule has 94 valence electrons. The molecule has 0 N–H and O–H groups in total. The Labute approximate surface area is 107 Å². The fourth-order valence-electron chi connectivity index (χ4n) is 2.30. The van der Waals surface area contributed by atoms with Crippen LogP contribution in [-0.2, 0) is 13.5 Å². The summed E-state index contributed by atoms with van der Waals surface area (Å²) in [6.07, 6.45) is 7.66. The molecule has 0 aliphatic heterocycles. The average molecular weight is 242 g/mol. The topological polar surface area (TPSA) is 43.6 Å². The van der Waals surface area contributed by atoms with E-state index in [0.29, 0.717) is 0 Å². The van der Waals surface area contributed by atoms with E-state index < -0.39 is 0 Å². The third-order valence-corrected chi connectivity index (χ3v) is 3.59. The maximum absolute atomic E-state index is 4.58. The zero-order chi connectivity index (χ0) is 12.7. The molecular weight excluding hydrogens is 224 g/mol. The lowest BCUT2D eigenvalue weighted by molar-refractivity contribution is 0.677. The van der Waals surface area contributed by atoms with E-state index in [1.54, 1.807) is 0 Å². The van der Waals surface area contributed by atoms with Gasteiger partial charge in [-0.15, -0.1) is 0 Å². The molecule has 0 unspecified atom stereocenters. The standard InChI is InChI=1S/C14H18N4/c1-9-7-15-10(2)17-14(9)12-8-16-18(3)13(12)6-11-4-5-11/h7-8,11H,4-6H2,1-3H3. The van der Waals surface area contributed by atoms with Crippen molar-refractivity contribution >= 4 is 0 Å². The Morgan fingerprint density at radius 3 is 2.78 bits per heavy atom. The molecule has 3 rings (SSSR count). The predicted octanol–water partition coefficient (Wildman–Crippen LogP) is 2.45. The van der Waals surface area contributed by atoms with Crippen LogP contribution in [0.5, 0.6) is 0 Å². The van der Waals surface area contributed by atoms with Crippen molar-refractivity contribution in [2.75, 3.05) is 0 Å². The monoisotopic (exact) mass is 242 g/mol. The van der Waals surface area contributed by atoms with Crippen molar-refractivity contribution in [1.82, 2.24) is 19.7 Å². The molecule has 0 saturated heterocycles. The highest BCUT2D eigenvalue weighted by molar-refractivity contribution is 5.64. The molecule has 4 nitrogen and oxygen atoms in total. The molecule has 1 aliphatic rings. The van der Waals surface area contributed by atoms with Crippen LogP contribution < -0.4 is 0 Å². The van der Waals surface area contributed by atoms with Crippen LogP contribution in [0.25, 0.3) is 11.3 Å². The summed E-state index contributed by atoms with van der Waals surface area (Å²) in [4.78, 5) is 8.82. The first-order chi connectivity index (χ1) is 8.65. The third-order valence-electron chi connectivity index (χ3n) is 3.59. The number of hydrogen-bond donors (Lipinski definition) is 0. The van der Waals surface area contributed by atoms with Gasteiger partial charge in [0.2, 0.25) is 0 Å². The maximum atomic E-state index is 4.58. The lowest BCUT2D eigenvalue weighted by atomic mass is 10.1. The maximum Gasteiger partial charge on any atom is 0.125 e. The highest BCUT2D eigenvalue weighted by Crippen LogP contribution is 2.35. The zero-order valence-electron chi connectivity index (χ0n) is 11.1. The van der Waals surface area contributed by atoms with Crippen molar-refractivity contribution < 1.29 is 0 Å². The molecule has 18 heavy (non-hydrogen) atoms. The summed E-state index contributed by atoms with van der Waals surface area (Å²) in [5, 5.41) is 4.40. The van der Waals surface area contributed by atoms with E-state index in [2.05, 4.69) is 22.0 Å².